The van der Waals surface area contributed by atoms with Crippen LogP contribution in [0.25, 0.3) is 16.9 Å². The van der Waals surface area contributed by atoms with Crippen LogP contribution in [0.15, 0.2) is 54.7 Å². The Kier molecular flexibility index (Phi) is 6.90. The number of benzene rings is 2. The minimum atomic E-state index is -0.273. The van der Waals surface area contributed by atoms with Crippen molar-refractivity contribution in [3.05, 3.63) is 65.9 Å². The fraction of sp³-hybridized carbons (Fsp3) is 0.320. The van der Waals surface area contributed by atoms with E-state index in [1.165, 1.54) is 5.56 Å². The van der Waals surface area contributed by atoms with E-state index in [0.717, 1.165) is 22.5 Å². The second-order valence-electron chi connectivity index (χ2n) is 8.04. The molecule has 0 spiro atoms. The van der Waals surface area contributed by atoms with Gasteiger partial charge in [-0.15, -0.1) is 0 Å². The van der Waals surface area contributed by atoms with E-state index in [0.29, 0.717) is 12.4 Å². The van der Waals surface area contributed by atoms with Gasteiger partial charge in [-0.3, -0.25) is 19.5 Å². The number of nitrogens with one attached hydrogen (secondary N) is 1. The van der Waals surface area contributed by atoms with Crippen LogP contribution in [0.5, 0.6) is 0 Å². The molecule has 3 rings (SSSR count). The Morgan fingerprint density at radius 3 is 2.13 bits per heavy atom. The molecular weight excluding hydrogens is 388 g/mol. The number of carbonyl (C=O) groups excluding carboxylic acids is 2. The van der Waals surface area contributed by atoms with E-state index in [1.807, 2.05) is 87.0 Å². The molecule has 0 unspecified atom stereocenters. The number of aromatic nitrogens is 2. The van der Waals surface area contributed by atoms with Gasteiger partial charge in [-0.2, -0.15) is 0 Å². The van der Waals surface area contributed by atoms with Gasteiger partial charge in [-0.25, -0.2) is 4.98 Å². The minimum Gasteiger partial charge on any atom is -0.331 e. The highest BCUT2D eigenvalue weighted by molar-refractivity contribution is 5.94. The van der Waals surface area contributed by atoms with Gasteiger partial charge in [-0.05, 0) is 39.8 Å². The van der Waals surface area contributed by atoms with Crippen molar-refractivity contribution in [1.82, 2.24) is 14.5 Å². The van der Waals surface area contributed by atoms with Crippen LogP contribution in [0.3, 0.4) is 0 Å². The summed E-state index contributed by atoms with van der Waals surface area (Å²) in [6.45, 7) is 9.67. The van der Waals surface area contributed by atoms with Crippen molar-refractivity contribution in [3.63, 3.8) is 0 Å². The van der Waals surface area contributed by atoms with E-state index in [1.54, 1.807) is 11.8 Å². The number of anilines is 1. The molecule has 0 saturated heterocycles. The van der Waals surface area contributed by atoms with E-state index in [4.69, 9.17) is 4.98 Å². The van der Waals surface area contributed by atoms with E-state index < -0.39 is 0 Å². The molecule has 6 nitrogen and oxygen atoms in total. The highest BCUT2D eigenvalue weighted by Crippen LogP contribution is 2.25. The van der Waals surface area contributed by atoms with Gasteiger partial charge >= 0.3 is 0 Å². The zero-order valence-corrected chi connectivity index (χ0v) is 18.8. The average Bonchev–Trinajstić information content (AvgIpc) is 3.15. The highest BCUT2D eigenvalue weighted by Gasteiger charge is 2.20. The van der Waals surface area contributed by atoms with Crippen LogP contribution in [0.2, 0.25) is 0 Å². The lowest BCUT2D eigenvalue weighted by Crippen LogP contribution is -2.42. The molecule has 0 bridgehead atoms. The topological polar surface area (TPSA) is 67.2 Å². The predicted molar refractivity (Wildman–Crippen MR) is 124 cm³/mol. The average molecular weight is 419 g/mol. The van der Waals surface area contributed by atoms with Gasteiger partial charge in [0.25, 0.3) is 0 Å². The third kappa shape index (κ3) is 5.40. The van der Waals surface area contributed by atoms with E-state index in [9.17, 15) is 9.59 Å². The van der Waals surface area contributed by atoms with Crippen LogP contribution >= 0.6 is 0 Å². The van der Waals surface area contributed by atoms with Crippen molar-refractivity contribution in [2.75, 3.05) is 11.9 Å². The Labute approximate surface area is 183 Å². The standard InChI is InChI=1S/C25H30N4O2/c1-6-24(31)28(17(2)3)16-23(30)27-25-26-22(20-11-7-18(4)8-12-20)15-29(25)21-13-9-19(5)10-14-21/h7-15,17H,6,16H2,1-5H3,(H,26,27,30). The summed E-state index contributed by atoms with van der Waals surface area (Å²) in [7, 11) is 0. The third-order valence-corrected chi connectivity index (χ3v) is 5.18. The summed E-state index contributed by atoms with van der Waals surface area (Å²) in [5, 5.41) is 2.91. The molecule has 0 aliphatic heterocycles. The van der Waals surface area contributed by atoms with Gasteiger partial charge in [-0.1, -0.05) is 54.4 Å². The van der Waals surface area contributed by atoms with Crippen molar-refractivity contribution >= 4 is 17.8 Å². The molecule has 6 heteroatoms. The van der Waals surface area contributed by atoms with Crippen molar-refractivity contribution < 1.29 is 9.59 Å². The monoisotopic (exact) mass is 418 g/mol. The Balaban J connectivity index is 1.93. The Bertz CT molecular complexity index is 1050. The Hall–Kier alpha value is -3.41. The lowest BCUT2D eigenvalue weighted by atomic mass is 10.1. The van der Waals surface area contributed by atoms with Crippen molar-refractivity contribution in [2.24, 2.45) is 0 Å². The van der Waals surface area contributed by atoms with Crippen LogP contribution in [0, 0.1) is 13.8 Å². The molecule has 0 atom stereocenters. The number of hydrogen-bond acceptors (Lipinski definition) is 3. The normalized spacial score (nSPS) is 10.9. The summed E-state index contributed by atoms with van der Waals surface area (Å²) < 4.78 is 1.87. The lowest BCUT2D eigenvalue weighted by molar-refractivity contribution is -0.136. The van der Waals surface area contributed by atoms with Gasteiger partial charge in [0.2, 0.25) is 17.8 Å². The van der Waals surface area contributed by atoms with Gasteiger partial charge in [0.15, 0.2) is 0 Å². The quantitative estimate of drug-likeness (QED) is 0.602. The fourth-order valence-corrected chi connectivity index (χ4v) is 3.31. The molecule has 0 fully saturated rings. The van der Waals surface area contributed by atoms with Crippen LogP contribution in [0.4, 0.5) is 5.95 Å². The summed E-state index contributed by atoms with van der Waals surface area (Å²) in [4.78, 5) is 31.3. The SMILES string of the molecule is CCC(=O)N(CC(=O)Nc1nc(-c2ccc(C)cc2)cn1-c1ccc(C)cc1)C(C)C. The molecule has 31 heavy (non-hydrogen) atoms. The van der Waals surface area contributed by atoms with Crippen molar-refractivity contribution in [1.29, 1.82) is 0 Å². The number of rotatable bonds is 7. The molecule has 1 aromatic heterocycles. The molecule has 0 radical (unpaired) electrons. The first-order valence-electron chi connectivity index (χ1n) is 10.6. The zero-order chi connectivity index (χ0) is 22.5. The third-order valence-electron chi connectivity index (χ3n) is 5.18. The molecule has 0 aliphatic rings. The summed E-state index contributed by atoms with van der Waals surface area (Å²) in [6, 6.07) is 16.1. The van der Waals surface area contributed by atoms with Crippen LogP contribution in [-0.2, 0) is 9.59 Å². The van der Waals surface area contributed by atoms with Crippen LogP contribution in [-0.4, -0.2) is 38.9 Å². The predicted octanol–water partition coefficient (Wildman–Crippen LogP) is 4.74. The van der Waals surface area contributed by atoms with Gasteiger partial charge in [0, 0.05) is 29.9 Å². The first-order chi connectivity index (χ1) is 14.8. The summed E-state index contributed by atoms with van der Waals surface area (Å²) in [5.41, 5.74) is 4.96. The summed E-state index contributed by atoms with van der Waals surface area (Å²) in [5.74, 6) is 0.106. The number of carbonyl (C=O) groups is 2. The number of nitrogens with zero attached hydrogens (tertiary/aromatic N) is 3. The Morgan fingerprint density at radius 2 is 1.58 bits per heavy atom. The second-order valence-corrected chi connectivity index (χ2v) is 8.04. The molecule has 2 aromatic carbocycles. The van der Waals surface area contributed by atoms with Gasteiger partial charge < -0.3 is 4.90 Å². The summed E-state index contributed by atoms with van der Waals surface area (Å²) in [6.07, 6.45) is 2.28. The van der Waals surface area contributed by atoms with Gasteiger partial charge in [0.05, 0.1) is 5.69 Å². The van der Waals surface area contributed by atoms with E-state index in [-0.39, 0.29) is 24.4 Å². The van der Waals surface area contributed by atoms with Crippen molar-refractivity contribution in [3.8, 4) is 16.9 Å². The smallest absolute Gasteiger partial charge is 0.246 e. The molecule has 3 aromatic rings. The highest BCUT2D eigenvalue weighted by atomic mass is 16.2. The molecule has 2 amide bonds. The maximum atomic E-state index is 12.8. The molecule has 0 aliphatic carbocycles. The number of amides is 2. The van der Waals surface area contributed by atoms with Crippen molar-refractivity contribution in [2.45, 2.75) is 47.1 Å². The second kappa shape index (κ2) is 9.60. The number of imidazole rings is 1. The molecule has 1 N–H and O–H groups in total. The number of hydrogen-bond donors (Lipinski definition) is 1. The fourth-order valence-electron chi connectivity index (χ4n) is 3.31. The molecule has 0 saturated carbocycles. The number of aryl methyl sites for hydroxylation is 2. The molecule has 1 heterocycles. The molecular formula is C25H30N4O2. The molecule has 162 valence electrons. The van der Waals surface area contributed by atoms with Gasteiger partial charge in [0.1, 0.15) is 6.54 Å². The maximum absolute atomic E-state index is 12.8. The van der Waals surface area contributed by atoms with Crippen LogP contribution in [0.1, 0.15) is 38.3 Å². The minimum absolute atomic E-state index is 0.00897. The van der Waals surface area contributed by atoms with Crippen LogP contribution < -0.4 is 5.32 Å². The van der Waals surface area contributed by atoms with E-state index >= 15 is 0 Å². The first-order valence-corrected chi connectivity index (χ1v) is 10.6. The lowest BCUT2D eigenvalue weighted by Gasteiger charge is -2.25. The Morgan fingerprint density at radius 1 is 1.00 bits per heavy atom. The first kappa shape index (κ1) is 22.3. The maximum Gasteiger partial charge on any atom is 0.246 e. The largest absolute Gasteiger partial charge is 0.331 e. The summed E-state index contributed by atoms with van der Waals surface area (Å²) >= 11 is 0. The van der Waals surface area contributed by atoms with E-state index in [2.05, 4.69) is 5.32 Å². The zero-order valence-electron chi connectivity index (χ0n) is 18.8.